The van der Waals surface area contributed by atoms with Crippen LogP contribution in [0.5, 0.6) is 0 Å². The number of allylic oxidation sites excluding steroid dienone is 1. The Morgan fingerprint density at radius 2 is 2.08 bits per heavy atom. The predicted octanol–water partition coefficient (Wildman–Crippen LogP) is 1.59. The second kappa shape index (κ2) is 5.33. The number of aliphatic hydroxyl groups excluding tert-OH is 1. The summed E-state index contributed by atoms with van der Waals surface area (Å²) >= 11 is 0. The molecule has 3 N–H and O–H groups in total. The van der Waals surface area contributed by atoms with Crippen LogP contribution in [0.3, 0.4) is 0 Å². The maximum atomic E-state index is 9.51. The number of hydrogen-bond acceptors (Lipinski definition) is 2. The Balaban J connectivity index is 2.46. The monoisotopic (exact) mass is 169 g/mol. The highest BCUT2D eigenvalue weighted by molar-refractivity contribution is 5.09. The lowest BCUT2D eigenvalue weighted by Crippen LogP contribution is -2.22. The summed E-state index contributed by atoms with van der Waals surface area (Å²) in [6.45, 7) is 0.367. The van der Waals surface area contributed by atoms with E-state index in [0.717, 1.165) is 18.4 Å². The minimum absolute atomic E-state index is 0.367. The molecule has 1 aliphatic rings. The van der Waals surface area contributed by atoms with Gasteiger partial charge in [0.15, 0.2) is 0 Å². The van der Waals surface area contributed by atoms with Gasteiger partial charge in [-0.25, -0.2) is 0 Å². The summed E-state index contributed by atoms with van der Waals surface area (Å²) in [5.41, 5.74) is 6.57. The molecular formula is C10H19NO. The van der Waals surface area contributed by atoms with Crippen LogP contribution in [0.4, 0.5) is 0 Å². The Morgan fingerprint density at radius 3 is 2.83 bits per heavy atom. The Morgan fingerprint density at radius 1 is 1.33 bits per heavy atom. The molecule has 0 aromatic carbocycles. The van der Waals surface area contributed by atoms with Gasteiger partial charge in [0.1, 0.15) is 0 Å². The fourth-order valence-electron chi connectivity index (χ4n) is 1.67. The largest absolute Gasteiger partial charge is 0.387 e. The third-order valence-corrected chi connectivity index (χ3v) is 2.48. The molecule has 0 saturated heterocycles. The molecule has 0 spiro atoms. The second-order valence-electron chi connectivity index (χ2n) is 3.48. The quantitative estimate of drug-likeness (QED) is 0.617. The van der Waals surface area contributed by atoms with Crippen LogP contribution in [0.1, 0.15) is 38.5 Å². The van der Waals surface area contributed by atoms with Crippen molar-refractivity contribution in [1.29, 1.82) is 0 Å². The van der Waals surface area contributed by atoms with Gasteiger partial charge in [-0.1, -0.05) is 18.9 Å². The molecule has 0 heterocycles. The molecule has 1 atom stereocenters. The average molecular weight is 169 g/mol. The standard InChI is InChI=1S/C10H19NO/c11-8-10(12)9-6-4-2-1-3-5-7-9/h6,10,12H,1-5,7-8,11H2/b9-6+. The van der Waals surface area contributed by atoms with Crippen molar-refractivity contribution in [2.75, 3.05) is 6.54 Å². The Labute approximate surface area is 74.5 Å². The van der Waals surface area contributed by atoms with Crippen LogP contribution < -0.4 is 5.73 Å². The zero-order valence-corrected chi connectivity index (χ0v) is 7.63. The van der Waals surface area contributed by atoms with Gasteiger partial charge < -0.3 is 10.8 Å². The first kappa shape index (κ1) is 9.75. The third kappa shape index (κ3) is 2.95. The van der Waals surface area contributed by atoms with Gasteiger partial charge in [0.2, 0.25) is 0 Å². The summed E-state index contributed by atoms with van der Waals surface area (Å²) in [6.07, 6.45) is 9.06. The van der Waals surface area contributed by atoms with Crippen molar-refractivity contribution in [3.8, 4) is 0 Å². The van der Waals surface area contributed by atoms with E-state index in [4.69, 9.17) is 5.73 Å². The van der Waals surface area contributed by atoms with Crippen LogP contribution in [0.25, 0.3) is 0 Å². The van der Waals surface area contributed by atoms with Gasteiger partial charge in [-0.15, -0.1) is 0 Å². The van der Waals surface area contributed by atoms with E-state index in [1.807, 2.05) is 0 Å². The van der Waals surface area contributed by atoms with Crippen LogP contribution >= 0.6 is 0 Å². The van der Waals surface area contributed by atoms with Crippen LogP contribution in [0, 0.1) is 0 Å². The first-order valence-electron chi connectivity index (χ1n) is 4.91. The molecule has 0 saturated carbocycles. The van der Waals surface area contributed by atoms with Gasteiger partial charge in [0.25, 0.3) is 0 Å². The minimum atomic E-state index is -0.386. The molecule has 2 heteroatoms. The molecule has 1 unspecified atom stereocenters. The fourth-order valence-corrected chi connectivity index (χ4v) is 1.67. The van der Waals surface area contributed by atoms with Crippen molar-refractivity contribution < 1.29 is 5.11 Å². The van der Waals surface area contributed by atoms with Crippen molar-refractivity contribution in [1.82, 2.24) is 0 Å². The van der Waals surface area contributed by atoms with E-state index < -0.39 is 0 Å². The molecule has 0 amide bonds. The van der Waals surface area contributed by atoms with Gasteiger partial charge >= 0.3 is 0 Å². The fraction of sp³-hybridized carbons (Fsp3) is 0.800. The van der Waals surface area contributed by atoms with Crippen LogP contribution in [0.15, 0.2) is 11.6 Å². The van der Waals surface area contributed by atoms with Crippen LogP contribution in [-0.4, -0.2) is 17.8 Å². The van der Waals surface area contributed by atoms with Gasteiger partial charge in [0.05, 0.1) is 6.10 Å². The summed E-state index contributed by atoms with van der Waals surface area (Å²) in [7, 11) is 0. The Kier molecular flexibility index (Phi) is 4.33. The predicted molar refractivity (Wildman–Crippen MR) is 50.8 cm³/mol. The summed E-state index contributed by atoms with van der Waals surface area (Å²) in [5, 5.41) is 9.51. The molecule has 0 bridgehead atoms. The first-order valence-corrected chi connectivity index (χ1v) is 4.91. The molecule has 70 valence electrons. The SMILES string of the molecule is NCC(O)/C1=C/CCCCCC1. The topological polar surface area (TPSA) is 46.2 Å². The van der Waals surface area contributed by atoms with Crippen molar-refractivity contribution in [2.24, 2.45) is 5.73 Å². The van der Waals surface area contributed by atoms with Gasteiger partial charge in [0, 0.05) is 6.54 Å². The van der Waals surface area contributed by atoms with Gasteiger partial charge in [-0.3, -0.25) is 0 Å². The molecule has 12 heavy (non-hydrogen) atoms. The lowest BCUT2D eigenvalue weighted by molar-refractivity contribution is 0.213. The van der Waals surface area contributed by atoms with E-state index in [1.54, 1.807) is 0 Å². The molecule has 0 aliphatic heterocycles. The summed E-state index contributed by atoms with van der Waals surface area (Å²) in [4.78, 5) is 0. The summed E-state index contributed by atoms with van der Waals surface area (Å²) < 4.78 is 0. The van der Waals surface area contributed by atoms with Crippen LogP contribution in [0.2, 0.25) is 0 Å². The minimum Gasteiger partial charge on any atom is -0.387 e. The molecule has 1 aliphatic carbocycles. The number of rotatable bonds is 2. The van der Waals surface area contributed by atoms with Crippen molar-refractivity contribution >= 4 is 0 Å². The number of aliphatic hydroxyl groups is 1. The molecule has 0 radical (unpaired) electrons. The number of hydrogen-bond donors (Lipinski definition) is 2. The maximum Gasteiger partial charge on any atom is 0.0872 e. The molecular weight excluding hydrogens is 150 g/mol. The van der Waals surface area contributed by atoms with Crippen molar-refractivity contribution in [3.05, 3.63) is 11.6 Å². The zero-order valence-electron chi connectivity index (χ0n) is 7.63. The first-order chi connectivity index (χ1) is 5.84. The van der Waals surface area contributed by atoms with E-state index >= 15 is 0 Å². The van der Waals surface area contributed by atoms with Gasteiger partial charge in [-0.2, -0.15) is 0 Å². The molecule has 0 aromatic heterocycles. The van der Waals surface area contributed by atoms with E-state index in [9.17, 15) is 5.11 Å². The van der Waals surface area contributed by atoms with Crippen molar-refractivity contribution in [3.63, 3.8) is 0 Å². The second-order valence-corrected chi connectivity index (χ2v) is 3.48. The summed E-state index contributed by atoms with van der Waals surface area (Å²) in [5.74, 6) is 0. The Bertz CT molecular complexity index is 154. The lowest BCUT2D eigenvalue weighted by Gasteiger charge is -2.15. The number of nitrogens with two attached hydrogens (primary N) is 1. The highest BCUT2D eigenvalue weighted by atomic mass is 16.3. The molecule has 0 aromatic rings. The summed E-state index contributed by atoms with van der Waals surface area (Å²) in [6, 6.07) is 0. The molecule has 2 nitrogen and oxygen atoms in total. The van der Waals surface area contributed by atoms with E-state index in [2.05, 4.69) is 6.08 Å². The van der Waals surface area contributed by atoms with Crippen LogP contribution in [-0.2, 0) is 0 Å². The highest BCUT2D eigenvalue weighted by Crippen LogP contribution is 2.18. The maximum absolute atomic E-state index is 9.51. The Hall–Kier alpha value is -0.340. The van der Waals surface area contributed by atoms with E-state index in [1.165, 1.54) is 25.7 Å². The highest BCUT2D eigenvalue weighted by Gasteiger charge is 2.09. The van der Waals surface area contributed by atoms with E-state index in [-0.39, 0.29) is 6.10 Å². The lowest BCUT2D eigenvalue weighted by atomic mass is 9.96. The van der Waals surface area contributed by atoms with Crippen molar-refractivity contribution in [2.45, 2.75) is 44.6 Å². The molecule has 1 rings (SSSR count). The average Bonchev–Trinajstić information content (AvgIpc) is 2.02. The zero-order chi connectivity index (χ0) is 8.81. The molecule has 0 fully saturated rings. The van der Waals surface area contributed by atoms with Gasteiger partial charge in [-0.05, 0) is 31.3 Å². The smallest absolute Gasteiger partial charge is 0.0872 e. The van der Waals surface area contributed by atoms with E-state index in [0.29, 0.717) is 6.54 Å². The third-order valence-electron chi connectivity index (χ3n) is 2.48. The normalized spacial score (nSPS) is 26.7.